The lowest BCUT2D eigenvalue weighted by atomic mass is 9.96. The predicted molar refractivity (Wildman–Crippen MR) is 72.0 cm³/mol. The van der Waals surface area contributed by atoms with Gasteiger partial charge in [0.2, 0.25) is 5.91 Å². The Morgan fingerprint density at radius 2 is 1.89 bits per heavy atom. The molecule has 1 aliphatic carbocycles. The molecule has 1 N–H and O–H groups in total. The molecule has 1 aliphatic rings. The second-order valence-corrected chi connectivity index (χ2v) is 5.17. The van der Waals surface area contributed by atoms with Crippen LogP contribution in [-0.2, 0) is 4.79 Å². The number of nitriles is 1. The SMILES string of the molecule is CN(CC(=O)NCCC#N)C1CCCCCCC1. The highest BCUT2D eigenvalue weighted by molar-refractivity contribution is 5.77. The van der Waals surface area contributed by atoms with Crippen molar-refractivity contribution in [3.63, 3.8) is 0 Å². The molecule has 0 heterocycles. The van der Waals surface area contributed by atoms with Gasteiger partial charge in [-0.15, -0.1) is 0 Å². The average Bonchev–Trinajstić information content (AvgIpc) is 2.28. The molecule has 0 unspecified atom stereocenters. The van der Waals surface area contributed by atoms with E-state index in [4.69, 9.17) is 5.26 Å². The van der Waals surface area contributed by atoms with Gasteiger partial charge in [0.1, 0.15) is 0 Å². The first-order valence-electron chi connectivity index (χ1n) is 7.08. The summed E-state index contributed by atoms with van der Waals surface area (Å²) in [4.78, 5) is 13.8. The van der Waals surface area contributed by atoms with Crippen LogP contribution < -0.4 is 5.32 Å². The van der Waals surface area contributed by atoms with Crippen molar-refractivity contribution in [1.29, 1.82) is 5.26 Å². The van der Waals surface area contributed by atoms with Crippen LogP contribution in [0.15, 0.2) is 0 Å². The van der Waals surface area contributed by atoms with Gasteiger partial charge < -0.3 is 5.32 Å². The fourth-order valence-electron chi connectivity index (χ4n) is 2.54. The second kappa shape index (κ2) is 8.93. The zero-order valence-corrected chi connectivity index (χ0v) is 11.5. The monoisotopic (exact) mass is 251 g/mol. The Morgan fingerprint density at radius 1 is 1.28 bits per heavy atom. The molecule has 0 radical (unpaired) electrons. The minimum atomic E-state index is 0.0369. The summed E-state index contributed by atoms with van der Waals surface area (Å²) < 4.78 is 0. The molecule has 0 aliphatic heterocycles. The van der Waals surface area contributed by atoms with Crippen LogP contribution in [0, 0.1) is 11.3 Å². The minimum absolute atomic E-state index is 0.0369. The summed E-state index contributed by atoms with van der Waals surface area (Å²) in [6, 6.07) is 2.57. The minimum Gasteiger partial charge on any atom is -0.354 e. The molecule has 0 bridgehead atoms. The van der Waals surface area contributed by atoms with E-state index in [0.717, 1.165) is 0 Å². The quantitative estimate of drug-likeness (QED) is 0.761. The molecular weight excluding hydrogens is 226 g/mol. The number of carbonyl (C=O) groups excluding carboxylic acids is 1. The maximum atomic E-state index is 11.7. The summed E-state index contributed by atoms with van der Waals surface area (Å²) >= 11 is 0. The highest BCUT2D eigenvalue weighted by atomic mass is 16.2. The Kier molecular flexibility index (Phi) is 7.43. The Bertz CT molecular complexity index is 277. The van der Waals surface area contributed by atoms with E-state index in [1.54, 1.807) is 0 Å². The maximum Gasteiger partial charge on any atom is 0.234 e. The number of likely N-dealkylation sites (N-methyl/N-ethyl adjacent to an activating group) is 1. The molecule has 0 spiro atoms. The van der Waals surface area contributed by atoms with E-state index in [1.807, 2.05) is 13.1 Å². The second-order valence-electron chi connectivity index (χ2n) is 5.17. The number of hydrogen-bond donors (Lipinski definition) is 1. The molecule has 1 fully saturated rings. The molecule has 0 aromatic carbocycles. The van der Waals surface area contributed by atoms with E-state index in [1.165, 1.54) is 44.9 Å². The molecule has 0 aromatic rings. The zero-order chi connectivity index (χ0) is 13.2. The van der Waals surface area contributed by atoms with Crippen molar-refractivity contribution in [3.8, 4) is 6.07 Å². The third kappa shape index (κ3) is 6.02. The summed E-state index contributed by atoms with van der Waals surface area (Å²) in [6.45, 7) is 0.921. The van der Waals surface area contributed by atoms with Gasteiger partial charge in [-0.05, 0) is 19.9 Å². The lowest BCUT2D eigenvalue weighted by molar-refractivity contribution is -0.122. The number of carbonyl (C=O) groups is 1. The van der Waals surface area contributed by atoms with E-state index >= 15 is 0 Å². The number of nitrogens with zero attached hydrogens (tertiary/aromatic N) is 2. The van der Waals surface area contributed by atoms with Crippen LogP contribution in [0.1, 0.15) is 51.4 Å². The van der Waals surface area contributed by atoms with Gasteiger partial charge in [-0.2, -0.15) is 5.26 Å². The number of hydrogen-bond acceptors (Lipinski definition) is 3. The highest BCUT2D eigenvalue weighted by Crippen LogP contribution is 2.20. The average molecular weight is 251 g/mol. The Hall–Kier alpha value is -1.08. The molecule has 4 nitrogen and oxygen atoms in total. The third-order valence-corrected chi connectivity index (χ3v) is 3.65. The molecule has 1 rings (SSSR count). The van der Waals surface area contributed by atoms with Crippen LogP contribution in [0.3, 0.4) is 0 Å². The molecule has 1 saturated carbocycles. The summed E-state index contributed by atoms with van der Waals surface area (Å²) in [5, 5.41) is 11.2. The van der Waals surface area contributed by atoms with Crippen molar-refractivity contribution in [1.82, 2.24) is 10.2 Å². The number of amides is 1. The normalized spacial score (nSPS) is 17.8. The molecule has 102 valence electrons. The van der Waals surface area contributed by atoms with Crippen molar-refractivity contribution in [2.45, 2.75) is 57.4 Å². The van der Waals surface area contributed by atoms with Crippen molar-refractivity contribution >= 4 is 5.91 Å². The first-order chi connectivity index (χ1) is 8.74. The molecule has 0 saturated heterocycles. The van der Waals surface area contributed by atoms with Gasteiger partial charge in [0.25, 0.3) is 0 Å². The largest absolute Gasteiger partial charge is 0.354 e. The fourth-order valence-corrected chi connectivity index (χ4v) is 2.54. The molecular formula is C14H25N3O. The Morgan fingerprint density at radius 3 is 2.50 bits per heavy atom. The van der Waals surface area contributed by atoms with E-state index in [0.29, 0.717) is 25.6 Å². The first kappa shape index (κ1) is 15.0. The smallest absolute Gasteiger partial charge is 0.234 e. The van der Waals surface area contributed by atoms with Gasteiger partial charge >= 0.3 is 0 Å². The van der Waals surface area contributed by atoms with Crippen molar-refractivity contribution in [2.75, 3.05) is 20.1 Å². The van der Waals surface area contributed by atoms with E-state index in [9.17, 15) is 4.79 Å². The third-order valence-electron chi connectivity index (χ3n) is 3.65. The summed E-state index contributed by atoms with van der Waals surface area (Å²) in [7, 11) is 2.04. The summed E-state index contributed by atoms with van der Waals surface area (Å²) in [6.07, 6.45) is 9.40. The highest BCUT2D eigenvalue weighted by Gasteiger charge is 2.17. The molecule has 1 amide bonds. The van der Waals surface area contributed by atoms with Gasteiger partial charge in [-0.1, -0.05) is 32.1 Å². The zero-order valence-electron chi connectivity index (χ0n) is 11.5. The van der Waals surface area contributed by atoms with Crippen molar-refractivity contribution in [3.05, 3.63) is 0 Å². The van der Waals surface area contributed by atoms with Crippen molar-refractivity contribution < 1.29 is 4.79 Å². The fraction of sp³-hybridized carbons (Fsp3) is 0.857. The van der Waals surface area contributed by atoms with Crippen LogP contribution in [0.5, 0.6) is 0 Å². The molecule has 4 heteroatoms. The van der Waals surface area contributed by atoms with Crippen LogP contribution in [0.25, 0.3) is 0 Å². The topological polar surface area (TPSA) is 56.1 Å². The van der Waals surface area contributed by atoms with Crippen molar-refractivity contribution in [2.24, 2.45) is 0 Å². The molecule has 0 aromatic heterocycles. The summed E-state index contributed by atoms with van der Waals surface area (Å²) in [5.41, 5.74) is 0. The van der Waals surface area contributed by atoms with Crippen LogP contribution >= 0.6 is 0 Å². The summed E-state index contributed by atoms with van der Waals surface area (Å²) in [5.74, 6) is 0.0369. The van der Waals surface area contributed by atoms with E-state index in [2.05, 4.69) is 10.2 Å². The van der Waals surface area contributed by atoms with Crippen LogP contribution in [0.4, 0.5) is 0 Å². The van der Waals surface area contributed by atoms with Crippen LogP contribution in [-0.4, -0.2) is 37.0 Å². The molecule has 0 atom stereocenters. The van der Waals surface area contributed by atoms with Gasteiger partial charge in [0.15, 0.2) is 0 Å². The Labute approximate surface area is 110 Å². The standard InChI is InChI=1S/C14H25N3O/c1-17(12-14(18)16-11-7-10-15)13-8-5-3-2-4-6-9-13/h13H,2-9,11-12H2,1H3,(H,16,18). The lowest BCUT2D eigenvalue weighted by Gasteiger charge is -2.29. The van der Waals surface area contributed by atoms with Gasteiger partial charge in [0, 0.05) is 12.6 Å². The number of rotatable bonds is 5. The van der Waals surface area contributed by atoms with E-state index in [-0.39, 0.29) is 5.91 Å². The van der Waals surface area contributed by atoms with Gasteiger partial charge in [-0.25, -0.2) is 0 Å². The molecule has 18 heavy (non-hydrogen) atoms. The van der Waals surface area contributed by atoms with Gasteiger partial charge in [-0.3, -0.25) is 9.69 Å². The number of nitrogens with one attached hydrogen (secondary N) is 1. The van der Waals surface area contributed by atoms with Gasteiger partial charge in [0.05, 0.1) is 19.0 Å². The van der Waals surface area contributed by atoms with E-state index < -0.39 is 0 Å². The first-order valence-corrected chi connectivity index (χ1v) is 7.08. The maximum absolute atomic E-state index is 11.7. The Balaban J connectivity index is 2.26. The lowest BCUT2D eigenvalue weighted by Crippen LogP contribution is -2.41. The van der Waals surface area contributed by atoms with Crippen LogP contribution in [0.2, 0.25) is 0 Å². The predicted octanol–water partition coefficient (Wildman–Crippen LogP) is 2.06.